The lowest BCUT2D eigenvalue weighted by atomic mass is 9.90. The topological polar surface area (TPSA) is 49.0 Å². The number of piperidine rings is 1. The van der Waals surface area contributed by atoms with Crippen molar-refractivity contribution >= 4 is 5.91 Å². The molecule has 0 aliphatic carbocycles. The highest BCUT2D eigenvalue weighted by molar-refractivity contribution is 5.92. The molecule has 25 heavy (non-hydrogen) atoms. The summed E-state index contributed by atoms with van der Waals surface area (Å²) in [5.41, 5.74) is 4.36. The Kier molecular flexibility index (Phi) is 5.90. The van der Waals surface area contributed by atoms with E-state index in [4.69, 9.17) is 0 Å². The Balaban J connectivity index is 1.46. The number of carbonyl (C=O) groups is 1. The van der Waals surface area contributed by atoms with E-state index in [9.17, 15) is 4.79 Å². The first-order valence-electron chi connectivity index (χ1n) is 9.55. The van der Waals surface area contributed by atoms with E-state index in [2.05, 4.69) is 48.3 Å². The average molecular weight is 339 g/mol. The predicted molar refractivity (Wildman–Crippen MR) is 101 cm³/mol. The van der Waals surface area contributed by atoms with Crippen LogP contribution in [0.1, 0.15) is 59.9 Å². The second-order valence-electron chi connectivity index (χ2n) is 7.29. The number of hydrogen-bond acceptors (Lipinski definition) is 2. The molecule has 0 saturated carbocycles. The van der Waals surface area contributed by atoms with Crippen LogP contribution in [0, 0.1) is 12.8 Å². The van der Waals surface area contributed by atoms with Crippen molar-refractivity contribution in [1.29, 1.82) is 0 Å². The van der Waals surface area contributed by atoms with Crippen LogP contribution in [0.5, 0.6) is 0 Å². The summed E-state index contributed by atoms with van der Waals surface area (Å²) in [6.07, 6.45) is 6.56. The van der Waals surface area contributed by atoms with Gasteiger partial charge in [0, 0.05) is 18.8 Å². The first-order valence-corrected chi connectivity index (χ1v) is 9.55. The molecular weight excluding hydrogens is 310 g/mol. The number of aromatic amines is 1. The third-order valence-electron chi connectivity index (χ3n) is 5.23. The summed E-state index contributed by atoms with van der Waals surface area (Å²) < 4.78 is 0. The summed E-state index contributed by atoms with van der Waals surface area (Å²) in [5.74, 6) is 0.802. The van der Waals surface area contributed by atoms with Crippen molar-refractivity contribution in [1.82, 2.24) is 15.1 Å². The molecule has 0 atom stereocenters. The van der Waals surface area contributed by atoms with E-state index in [1.54, 1.807) is 0 Å². The van der Waals surface area contributed by atoms with Crippen molar-refractivity contribution < 1.29 is 4.79 Å². The number of H-pyrrole nitrogens is 1. The lowest BCUT2D eigenvalue weighted by Crippen LogP contribution is -2.38. The van der Waals surface area contributed by atoms with Crippen molar-refractivity contribution in [3.63, 3.8) is 0 Å². The lowest BCUT2D eigenvalue weighted by molar-refractivity contribution is 0.0681. The average Bonchev–Trinajstić information content (AvgIpc) is 3.10. The summed E-state index contributed by atoms with van der Waals surface area (Å²) in [7, 11) is 0. The largest absolute Gasteiger partial charge is 0.337 e. The lowest BCUT2D eigenvalue weighted by Gasteiger charge is -2.31. The van der Waals surface area contributed by atoms with E-state index in [1.807, 2.05) is 11.0 Å². The number of nitrogens with zero attached hydrogens (tertiary/aromatic N) is 2. The molecule has 2 aromatic rings. The van der Waals surface area contributed by atoms with Gasteiger partial charge in [0.1, 0.15) is 5.69 Å². The van der Waals surface area contributed by atoms with Crippen LogP contribution in [0.25, 0.3) is 0 Å². The number of likely N-dealkylation sites (tertiary alicyclic amines) is 1. The maximum absolute atomic E-state index is 12.6. The Labute approximate surface area is 150 Å². The second-order valence-corrected chi connectivity index (χ2v) is 7.29. The summed E-state index contributed by atoms with van der Waals surface area (Å²) in [4.78, 5) is 14.5. The number of benzene rings is 1. The second kappa shape index (κ2) is 8.32. The number of aromatic nitrogens is 2. The molecule has 1 aromatic carbocycles. The highest BCUT2D eigenvalue weighted by atomic mass is 16.2. The Hall–Kier alpha value is -2.10. The minimum absolute atomic E-state index is 0.0792. The van der Waals surface area contributed by atoms with Gasteiger partial charge in [0.2, 0.25) is 0 Å². The van der Waals surface area contributed by atoms with Gasteiger partial charge in [-0.3, -0.25) is 9.89 Å². The molecule has 0 bridgehead atoms. The zero-order chi connectivity index (χ0) is 17.6. The molecule has 1 N–H and O–H groups in total. The standard InChI is InChI=1S/C21H29N3O/c1-3-4-19-15-20(23-22-19)21(25)24-13-11-18(12-14-24)10-9-17-7-5-16(2)6-8-17/h5-8,15,18H,3-4,9-14H2,1-2H3,(H,22,23). The summed E-state index contributed by atoms with van der Waals surface area (Å²) >= 11 is 0. The number of nitrogens with one attached hydrogen (secondary N) is 1. The van der Waals surface area contributed by atoms with Crippen molar-refractivity contribution in [3.05, 3.63) is 52.8 Å². The minimum Gasteiger partial charge on any atom is -0.337 e. The third-order valence-corrected chi connectivity index (χ3v) is 5.23. The van der Waals surface area contributed by atoms with Gasteiger partial charge in [-0.05, 0) is 56.6 Å². The van der Waals surface area contributed by atoms with Crippen LogP contribution in [0.2, 0.25) is 0 Å². The fourth-order valence-electron chi connectivity index (χ4n) is 3.58. The van der Waals surface area contributed by atoms with Crippen LogP contribution in [0.4, 0.5) is 0 Å². The molecule has 1 aliphatic heterocycles. The zero-order valence-corrected chi connectivity index (χ0v) is 15.4. The Bertz CT molecular complexity index is 681. The molecule has 1 aromatic heterocycles. The molecule has 1 amide bonds. The van der Waals surface area contributed by atoms with Gasteiger partial charge in [-0.1, -0.05) is 43.2 Å². The zero-order valence-electron chi connectivity index (χ0n) is 15.4. The van der Waals surface area contributed by atoms with Gasteiger partial charge in [-0.25, -0.2) is 0 Å². The van der Waals surface area contributed by atoms with Crippen molar-refractivity contribution in [2.24, 2.45) is 5.92 Å². The molecule has 2 heterocycles. The number of aryl methyl sites for hydroxylation is 3. The Morgan fingerprint density at radius 1 is 1.20 bits per heavy atom. The van der Waals surface area contributed by atoms with Gasteiger partial charge in [0.15, 0.2) is 0 Å². The molecule has 4 nitrogen and oxygen atoms in total. The number of carbonyl (C=O) groups excluding carboxylic acids is 1. The number of hydrogen-bond donors (Lipinski definition) is 1. The summed E-state index contributed by atoms with van der Waals surface area (Å²) in [5, 5.41) is 7.18. The molecule has 4 heteroatoms. The molecule has 0 unspecified atom stereocenters. The monoisotopic (exact) mass is 339 g/mol. The first kappa shape index (κ1) is 17.7. The van der Waals surface area contributed by atoms with E-state index >= 15 is 0 Å². The van der Waals surface area contributed by atoms with Crippen molar-refractivity contribution in [3.8, 4) is 0 Å². The summed E-state index contributed by atoms with van der Waals surface area (Å²) in [6.45, 7) is 5.96. The molecule has 1 fully saturated rings. The predicted octanol–water partition coefficient (Wildman–Crippen LogP) is 4.16. The highest BCUT2D eigenvalue weighted by Gasteiger charge is 2.24. The SMILES string of the molecule is CCCc1cc(C(=O)N2CCC(CCc3ccc(C)cc3)CC2)n[nH]1. The van der Waals surface area contributed by atoms with Crippen LogP contribution >= 0.6 is 0 Å². The minimum atomic E-state index is 0.0792. The molecule has 0 spiro atoms. The van der Waals surface area contributed by atoms with E-state index in [0.717, 1.165) is 56.8 Å². The number of rotatable bonds is 6. The van der Waals surface area contributed by atoms with E-state index in [-0.39, 0.29) is 5.91 Å². The van der Waals surface area contributed by atoms with Crippen molar-refractivity contribution in [2.45, 2.75) is 52.4 Å². The molecular formula is C21H29N3O. The number of amides is 1. The maximum Gasteiger partial charge on any atom is 0.274 e. The fraction of sp³-hybridized carbons (Fsp3) is 0.524. The molecule has 3 rings (SSSR count). The Morgan fingerprint density at radius 2 is 1.92 bits per heavy atom. The first-order chi connectivity index (χ1) is 12.2. The van der Waals surface area contributed by atoms with Gasteiger partial charge in [-0.15, -0.1) is 0 Å². The molecule has 0 radical (unpaired) electrons. The van der Waals surface area contributed by atoms with Gasteiger partial charge in [0.05, 0.1) is 0 Å². The quantitative estimate of drug-likeness (QED) is 0.859. The molecule has 134 valence electrons. The van der Waals surface area contributed by atoms with Crippen LogP contribution < -0.4 is 0 Å². The highest BCUT2D eigenvalue weighted by Crippen LogP contribution is 2.23. The molecule has 1 saturated heterocycles. The molecule has 1 aliphatic rings. The fourth-order valence-corrected chi connectivity index (χ4v) is 3.58. The van der Waals surface area contributed by atoms with Crippen LogP contribution in [-0.4, -0.2) is 34.1 Å². The van der Waals surface area contributed by atoms with Crippen LogP contribution in [-0.2, 0) is 12.8 Å². The van der Waals surface area contributed by atoms with Crippen LogP contribution in [0.15, 0.2) is 30.3 Å². The smallest absolute Gasteiger partial charge is 0.274 e. The Morgan fingerprint density at radius 3 is 2.60 bits per heavy atom. The normalized spacial score (nSPS) is 15.5. The van der Waals surface area contributed by atoms with E-state index in [0.29, 0.717) is 5.69 Å². The van der Waals surface area contributed by atoms with Crippen molar-refractivity contribution in [2.75, 3.05) is 13.1 Å². The van der Waals surface area contributed by atoms with Crippen LogP contribution in [0.3, 0.4) is 0 Å². The van der Waals surface area contributed by atoms with Gasteiger partial charge in [-0.2, -0.15) is 5.10 Å². The van der Waals surface area contributed by atoms with Gasteiger partial charge >= 0.3 is 0 Å². The summed E-state index contributed by atoms with van der Waals surface area (Å²) in [6, 6.07) is 10.8. The third kappa shape index (κ3) is 4.71. The van der Waals surface area contributed by atoms with E-state index < -0.39 is 0 Å². The van der Waals surface area contributed by atoms with Gasteiger partial charge in [0.25, 0.3) is 5.91 Å². The van der Waals surface area contributed by atoms with E-state index in [1.165, 1.54) is 17.5 Å². The maximum atomic E-state index is 12.6. The van der Waals surface area contributed by atoms with Gasteiger partial charge < -0.3 is 4.90 Å².